The van der Waals surface area contributed by atoms with Crippen LogP contribution in [-0.4, -0.2) is 17.0 Å². The fourth-order valence-corrected chi connectivity index (χ4v) is 0. The van der Waals surface area contributed by atoms with Gasteiger partial charge in [-0.1, -0.05) is 12.2 Å². The van der Waals surface area contributed by atoms with Crippen molar-refractivity contribution in [3.05, 3.63) is 12.2 Å². The zero-order valence-electron chi connectivity index (χ0n) is 4.76. The molecule has 0 spiro atoms. The van der Waals surface area contributed by atoms with Gasteiger partial charge >= 0.3 is 0 Å². The van der Waals surface area contributed by atoms with E-state index in [9.17, 15) is 0 Å². The molecule has 0 aromatic carbocycles. The molecule has 0 fully saturated rings. The minimum absolute atomic E-state index is 0.750. The highest BCUT2D eigenvalue weighted by Gasteiger charge is 1.34. The molecule has 0 bridgehead atoms. The summed E-state index contributed by atoms with van der Waals surface area (Å²) >= 11 is 0. The van der Waals surface area contributed by atoms with E-state index in [4.69, 9.17) is 10.2 Å². The first-order valence-corrected chi connectivity index (χ1v) is 2.12. The molecular weight excluding hydrogens is 92.1 g/mol. The van der Waals surface area contributed by atoms with Gasteiger partial charge in [0.2, 0.25) is 0 Å². The molecule has 0 radical (unpaired) electrons. The Labute approximate surface area is 44.1 Å². The van der Waals surface area contributed by atoms with Crippen LogP contribution < -0.4 is 0 Å². The fraction of sp³-hybridized carbons (Fsp3) is 0.600. The minimum Gasteiger partial charge on any atom is -0.371 e. The highest BCUT2D eigenvalue weighted by Crippen LogP contribution is 1.57. The van der Waals surface area contributed by atoms with Crippen molar-refractivity contribution >= 4 is 0 Å². The molecule has 0 aliphatic carbocycles. The molecule has 0 saturated carbocycles. The Morgan fingerprint density at radius 1 is 1.14 bits per heavy atom. The summed E-state index contributed by atoms with van der Waals surface area (Å²) in [5.41, 5.74) is 0. The van der Waals surface area contributed by atoms with Crippen LogP contribution in [0, 0.1) is 0 Å². The number of aliphatic hydroxyl groups is 2. The number of rotatable bonds is 0. The highest BCUT2D eigenvalue weighted by molar-refractivity contribution is 4.68. The van der Waals surface area contributed by atoms with Crippen molar-refractivity contribution in [1.82, 2.24) is 0 Å². The first kappa shape index (κ1) is 9.83. The van der Waals surface area contributed by atoms with Crippen LogP contribution in [0.5, 0.6) is 0 Å². The molecule has 0 heterocycles. The molecule has 0 unspecified atom stereocenters. The molecule has 0 aromatic rings. The van der Waals surface area contributed by atoms with Crippen LogP contribution in [0.4, 0.5) is 0 Å². The predicted molar refractivity (Wildman–Crippen MR) is 29.8 cm³/mol. The summed E-state index contributed by atoms with van der Waals surface area (Å²) in [7, 11) is 0. The van der Waals surface area contributed by atoms with Gasteiger partial charge in [0.1, 0.15) is 6.79 Å². The summed E-state index contributed by atoms with van der Waals surface area (Å²) in [5.74, 6) is 0. The molecule has 0 atom stereocenters. The van der Waals surface area contributed by atoms with E-state index < -0.39 is 6.79 Å². The standard InChI is InChI=1S/C4H8.CH4O2/c1-3-4-2;2-1-3/h3-4H,1-2H3;2-3H,1H2. The van der Waals surface area contributed by atoms with Crippen LogP contribution in [0.25, 0.3) is 0 Å². The average Bonchev–Trinajstić information content (AvgIpc) is 1.69. The van der Waals surface area contributed by atoms with E-state index >= 15 is 0 Å². The van der Waals surface area contributed by atoms with Crippen molar-refractivity contribution in [2.75, 3.05) is 6.79 Å². The third kappa shape index (κ3) is 174. The Morgan fingerprint density at radius 2 is 1.29 bits per heavy atom. The van der Waals surface area contributed by atoms with Gasteiger partial charge in [-0.3, -0.25) is 0 Å². The Kier molecular flexibility index (Phi) is 24.4. The Hall–Kier alpha value is -0.340. The Morgan fingerprint density at radius 3 is 1.29 bits per heavy atom. The molecule has 2 heteroatoms. The molecule has 0 aliphatic rings. The number of hydrogen-bond donors (Lipinski definition) is 2. The Bertz CT molecular complexity index is 29.1. The van der Waals surface area contributed by atoms with Crippen LogP contribution >= 0.6 is 0 Å². The second-order valence-electron chi connectivity index (χ2n) is 0.808. The van der Waals surface area contributed by atoms with Gasteiger partial charge in [-0.05, 0) is 13.8 Å². The van der Waals surface area contributed by atoms with E-state index in [1.54, 1.807) is 0 Å². The smallest absolute Gasteiger partial charge is 0.140 e. The molecule has 2 N–H and O–H groups in total. The third-order valence-corrected chi connectivity index (χ3v) is 0.333. The van der Waals surface area contributed by atoms with Crippen molar-refractivity contribution in [2.45, 2.75) is 13.8 Å². The van der Waals surface area contributed by atoms with Crippen molar-refractivity contribution in [2.24, 2.45) is 0 Å². The largest absolute Gasteiger partial charge is 0.371 e. The number of hydrogen-bond acceptors (Lipinski definition) is 2. The van der Waals surface area contributed by atoms with Gasteiger partial charge in [0.05, 0.1) is 0 Å². The molecule has 0 saturated heterocycles. The van der Waals surface area contributed by atoms with Crippen molar-refractivity contribution in [3.8, 4) is 0 Å². The second-order valence-corrected chi connectivity index (χ2v) is 0.808. The summed E-state index contributed by atoms with van der Waals surface area (Å²) in [6.45, 7) is 3.25. The van der Waals surface area contributed by atoms with Gasteiger partial charge < -0.3 is 10.2 Å². The summed E-state index contributed by atoms with van der Waals surface area (Å²) in [4.78, 5) is 0. The molecule has 7 heavy (non-hydrogen) atoms. The van der Waals surface area contributed by atoms with E-state index in [-0.39, 0.29) is 0 Å². The molecule has 0 amide bonds. The maximum absolute atomic E-state index is 7.12. The normalized spacial score (nSPS) is 8.00. The fourth-order valence-electron chi connectivity index (χ4n) is 0. The van der Waals surface area contributed by atoms with Gasteiger partial charge in [-0.25, -0.2) is 0 Å². The van der Waals surface area contributed by atoms with Crippen molar-refractivity contribution < 1.29 is 10.2 Å². The van der Waals surface area contributed by atoms with Crippen LogP contribution in [0.2, 0.25) is 0 Å². The van der Waals surface area contributed by atoms with Gasteiger partial charge in [-0.2, -0.15) is 0 Å². The quantitative estimate of drug-likeness (QED) is 0.347. The third-order valence-electron chi connectivity index (χ3n) is 0.333. The van der Waals surface area contributed by atoms with Crippen LogP contribution in [0.15, 0.2) is 12.2 Å². The molecule has 44 valence electrons. The molecule has 2 nitrogen and oxygen atoms in total. The SMILES string of the molecule is CC=CC.OCO. The van der Waals surface area contributed by atoms with E-state index in [0.717, 1.165) is 0 Å². The summed E-state index contributed by atoms with van der Waals surface area (Å²) in [5, 5.41) is 14.2. The summed E-state index contributed by atoms with van der Waals surface area (Å²) < 4.78 is 0. The number of aliphatic hydroxyl groups excluding tert-OH is 1. The minimum atomic E-state index is -0.750. The van der Waals surface area contributed by atoms with E-state index in [0.29, 0.717) is 0 Å². The predicted octanol–water partition coefficient (Wildman–Crippen LogP) is 0.511. The van der Waals surface area contributed by atoms with E-state index in [1.165, 1.54) is 0 Å². The Balaban J connectivity index is 0. The molecular formula is C5H12O2. The van der Waals surface area contributed by atoms with Gasteiger partial charge in [0, 0.05) is 0 Å². The zero-order chi connectivity index (χ0) is 6.12. The van der Waals surface area contributed by atoms with Crippen molar-refractivity contribution in [3.63, 3.8) is 0 Å². The van der Waals surface area contributed by atoms with Crippen LogP contribution in [0.3, 0.4) is 0 Å². The maximum atomic E-state index is 7.12. The van der Waals surface area contributed by atoms with Gasteiger partial charge in [-0.15, -0.1) is 0 Å². The van der Waals surface area contributed by atoms with Crippen LogP contribution in [-0.2, 0) is 0 Å². The van der Waals surface area contributed by atoms with Gasteiger partial charge in [0.25, 0.3) is 0 Å². The lowest BCUT2D eigenvalue weighted by atomic mass is 10.6. The molecule has 0 aliphatic heterocycles. The monoisotopic (exact) mass is 104 g/mol. The highest BCUT2D eigenvalue weighted by atomic mass is 16.5. The van der Waals surface area contributed by atoms with E-state index in [1.807, 2.05) is 26.0 Å². The van der Waals surface area contributed by atoms with Gasteiger partial charge in [0.15, 0.2) is 0 Å². The summed E-state index contributed by atoms with van der Waals surface area (Å²) in [6, 6.07) is 0. The first-order valence-electron chi connectivity index (χ1n) is 2.12. The lowest BCUT2D eigenvalue weighted by Gasteiger charge is -1.55. The average molecular weight is 104 g/mol. The first-order chi connectivity index (χ1) is 3.33. The topological polar surface area (TPSA) is 40.5 Å². The molecule has 0 rings (SSSR count). The lowest BCUT2D eigenvalue weighted by molar-refractivity contribution is 0.0773. The van der Waals surface area contributed by atoms with Crippen LogP contribution in [0.1, 0.15) is 13.8 Å². The summed E-state index contributed by atoms with van der Waals surface area (Å²) in [6.07, 6.45) is 4.00. The van der Waals surface area contributed by atoms with Crippen molar-refractivity contribution in [1.29, 1.82) is 0 Å². The second kappa shape index (κ2) is 17.4. The lowest BCUT2D eigenvalue weighted by Crippen LogP contribution is -1.66. The van der Waals surface area contributed by atoms with E-state index in [2.05, 4.69) is 0 Å². The number of allylic oxidation sites excluding steroid dienone is 2. The molecule has 0 aromatic heterocycles. The maximum Gasteiger partial charge on any atom is 0.140 e. The zero-order valence-corrected chi connectivity index (χ0v) is 4.76.